The summed E-state index contributed by atoms with van der Waals surface area (Å²) in [7, 11) is 0. The van der Waals surface area contributed by atoms with E-state index in [-0.39, 0.29) is 23.3 Å². The molecule has 0 heterocycles. The van der Waals surface area contributed by atoms with Crippen LogP contribution in [0.4, 0.5) is 11.4 Å². The van der Waals surface area contributed by atoms with Gasteiger partial charge in [0.2, 0.25) is 0 Å². The van der Waals surface area contributed by atoms with Gasteiger partial charge >= 0.3 is 17.8 Å². The number of carbonyl (C=O) groups excluding carboxylic acids is 3. The molecule has 2 amide bonds. The molecular weight excluding hydrogens is 344 g/mol. The first-order valence-corrected chi connectivity index (χ1v) is 8.71. The number of anilines is 2. The summed E-state index contributed by atoms with van der Waals surface area (Å²) in [5.41, 5.74) is 2.04. The lowest BCUT2D eigenvalue weighted by atomic mass is 9.87. The molecule has 142 valence electrons. The first-order chi connectivity index (χ1) is 12.7. The van der Waals surface area contributed by atoms with Crippen molar-refractivity contribution in [1.82, 2.24) is 0 Å². The molecule has 6 heteroatoms. The molecule has 2 rings (SSSR count). The minimum Gasteiger partial charge on any atom is -0.462 e. The van der Waals surface area contributed by atoms with Gasteiger partial charge < -0.3 is 15.4 Å². The van der Waals surface area contributed by atoms with Gasteiger partial charge in [0, 0.05) is 5.69 Å². The summed E-state index contributed by atoms with van der Waals surface area (Å²) in [5.74, 6) is -2.25. The maximum Gasteiger partial charge on any atom is 0.340 e. The minimum atomic E-state index is -0.869. The van der Waals surface area contributed by atoms with Gasteiger partial charge in [-0.3, -0.25) is 9.59 Å². The van der Waals surface area contributed by atoms with Crippen molar-refractivity contribution in [2.45, 2.75) is 33.1 Å². The van der Waals surface area contributed by atoms with Gasteiger partial charge in [0.1, 0.15) is 0 Å². The Hall–Kier alpha value is -3.15. The number of rotatable bonds is 4. The second kappa shape index (κ2) is 8.49. The fourth-order valence-electron chi connectivity index (χ4n) is 2.40. The quantitative estimate of drug-likeness (QED) is 0.636. The summed E-state index contributed by atoms with van der Waals surface area (Å²) in [4.78, 5) is 36.3. The molecule has 0 aliphatic carbocycles. The fourth-order valence-corrected chi connectivity index (χ4v) is 2.40. The van der Waals surface area contributed by atoms with Gasteiger partial charge in [0.25, 0.3) is 0 Å². The molecule has 0 saturated carbocycles. The van der Waals surface area contributed by atoms with Gasteiger partial charge in [-0.05, 0) is 42.2 Å². The largest absolute Gasteiger partial charge is 0.462 e. The SMILES string of the molecule is CCOC(=O)c1ccccc1NC(=O)C(=O)Nc1ccc(C(C)(C)C)cc1. The fraction of sp³-hybridized carbons (Fsp3) is 0.286. The van der Waals surface area contributed by atoms with Crippen LogP contribution in [0.5, 0.6) is 0 Å². The highest BCUT2D eigenvalue weighted by atomic mass is 16.5. The summed E-state index contributed by atoms with van der Waals surface area (Å²) in [6, 6.07) is 13.7. The van der Waals surface area contributed by atoms with Crippen molar-refractivity contribution < 1.29 is 19.1 Å². The number of nitrogens with one attached hydrogen (secondary N) is 2. The normalized spacial score (nSPS) is 10.8. The van der Waals surface area contributed by atoms with Crippen molar-refractivity contribution >= 4 is 29.2 Å². The summed E-state index contributed by atoms with van der Waals surface area (Å²) < 4.78 is 4.95. The van der Waals surface area contributed by atoms with Crippen molar-refractivity contribution in [1.29, 1.82) is 0 Å². The summed E-state index contributed by atoms with van der Waals surface area (Å²) in [6.07, 6.45) is 0. The van der Waals surface area contributed by atoms with Gasteiger partial charge in [0.15, 0.2) is 0 Å². The van der Waals surface area contributed by atoms with Crippen LogP contribution in [0.3, 0.4) is 0 Å². The van der Waals surface area contributed by atoms with Crippen LogP contribution in [0, 0.1) is 0 Å². The second-order valence-corrected chi connectivity index (χ2v) is 7.00. The van der Waals surface area contributed by atoms with Gasteiger partial charge in [-0.25, -0.2) is 4.79 Å². The number of amides is 2. The Morgan fingerprint density at radius 3 is 2.07 bits per heavy atom. The molecule has 0 aliphatic heterocycles. The van der Waals surface area contributed by atoms with E-state index in [4.69, 9.17) is 4.74 Å². The maximum atomic E-state index is 12.2. The Morgan fingerprint density at radius 1 is 0.889 bits per heavy atom. The van der Waals surface area contributed by atoms with Crippen molar-refractivity contribution in [3.05, 3.63) is 59.7 Å². The molecule has 0 atom stereocenters. The standard InChI is InChI=1S/C21H24N2O4/c1-5-27-20(26)16-8-6-7-9-17(16)23-19(25)18(24)22-15-12-10-14(11-13-15)21(2,3)4/h6-13H,5H2,1-4H3,(H,22,24)(H,23,25). The first-order valence-electron chi connectivity index (χ1n) is 8.71. The van der Waals surface area contributed by atoms with E-state index in [1.165, 1.54) is 12.1 Å². The third-order valence-corrected chi connectivity index (χ3v) is 3.89. The van der Waals surface area contributed by atoms with Crippen molar-refractivity contribution in [3.63, 3.8) is 0 Å². The number of benzene rings is 2. The zero-order valence-corrected chi connectivity index (χ0v) is 16.0. The van der Waals surface area contributed by atoms with E-state index >= 15 is 0 Å². The van der Waals surface area contributed by atoms with Crippen LogP contribution in [-0.4, -0.2) is 24.4 Å². The molecule has 0 aromatic heterocycles. The van der Waals surface area contributed by atoms with Gasteiger partial charge in [0.05, 0.1) is 17.9 Å². The molecule has 27 heavy (non-hydrogen) atoms. The van der Waals surface area contributed by atoms with Gasteiger partial charge in [-0.2, -0.15) is 0 Å². The number of ether oxygens (including phenoxy) is 1. The first kappa shape index (κ1) is 20.2. The van der Waals surface area contributed by atoms with Crippen molar-refractivity contribution in [2.75, 3.05) is 17.2 Å². The van der Waals surface area contributed by atoms with E-state index in [2.05, 4.69) is 31.4 Å². The predicted molar refractivity (Wildman–Crippen MR) is 105 cm³/mol. The third kappa shape index (κ3) is 5.41. The minimum absolute atomic E-state index is 0.00325. The second-order valence-electron chi connectivity index (χ2n) is 7.00. The molecule has 0 radical (unpaired) electrons. The Kier molecular flexibility index (Phi) is 6.34. The number of carbonyl (C=O) groups is 3. The molecule has 2 aromatic carbocycles. The van der Waals surface area contributed by atoms with E-state index in [1.807, 2.05) is 12.1 Å². The zero-order chi connectivity index (χ0) is 20.0. The van der Waals surface area contributed by atoms with Crippen LogP contribution in [-0.2, 0) is 19.7 Å². The van der Waals surface area contributed by atoms with E-state index < -0.39 is 17.8 Å². The summed E-state index contributed by atoms with van der Waals surface area (Å²) in [6.45, 7) is 8.18. The van der Waals surface area contributed by atoms with E-state index in [9.17, 15) is 14.4 Å². The Labute approximate surface area is 158 Å². The van der Waals surface area contributed by atoms with Gasteiger partial charge in [-0.15, -0.1) is 0 Å². The van der Waals surface area contributed by atoms with Crippen LogP contribution in [0.1, 0.15) is 43.6 Å². The van der Waals surface area contributed by atoms with Crippen LogP contribution >= 0.6 is 0 Å². The van der Waals surface area contributed by atoms with Crippen LogP contribution in [0.25, 0.3) is 0 Å². The monoisotopic (exact) mass is 368 g/mol. The average Bonchev–Trinajstić information content (AvgIpc) is 2.62. The molecule has 2 N–H and O–H groups in total. The van der Waals surface area contributed by atoms with Crippen molar-refractivity contribution in [2.24, 2.45) is 0 Å². The van der Waals surface area contributed by atoms with E-state index in [0.717, 1.165) is 5.56 Å². The smallest absolute Gasteiger partial charge is 0.340 e. The summed E-state index contributed by atoms with van der Waals surface area (Å²) >= 11 is 0. The third-order valence-electron chi connectivity index (χ3n) is 3.89. The van der Waals surface area contributed by atoms with Gasteiger partial charge in [-0.1, -0.05) is 45.0 Å². The Balaban J connectivity index is 2.06. The Morgan fingerprint density at radius 2 is 1.48 bits per heavy atom. The molecule has 0 bridgehead atoms. The lowest BCUT2D eigenvalue weighted by Crippen LogP contribution is -2.29. The van der Waals surface area contributed by atoms with Crippen molar-refractivity contribution in [3.8, 4) is 0 Å². The number of hydrogen-bond acceptors (Lipinski definition) is 4. The molecule has 0 unspecified atom stereocenters. The topological polar surface area (TPSA) is 84.5 Å². The molecule has 0 spiro atoms. The van der Waals surface area contributed by atoms with Crippen LogP contribution in [0.15, 0.2) is 48.5 Å². The zero-order valence-electron chi connectivity index (χ0n) is 16.0. The number of hydrogen-bond donors (Lipinski definition) is 2. The summed E-state index contributed by atoms with van der Waals surface area (Å²) in [5, 5.41) is 5.00. The van der Waals surface area contributed by atoms with E-state index in [1.54, 1.807) is 31.2 Å². The highest BCUT2D eigenvalue weighted by molar-refractivity contribution is 6.43. The van der Waals surface area contributed by atoms with Crippen LogP contribution < -0.4 is 10.6 Å². The maximum absolute atomic E-state index is 12.2. The number of para-hydroxylation sites is 1. The highest BCUT2D eigenvalue weighted by Gasteiger charge is 2.19. The highest BCUT2D eigenvalue weighted by Crippen LogP contribution is 2.23. The molecular formula is C21H24N2O4. The lowest BCUT2D eigenvalue weighted by molar-refractivity contribution is -0.133. The molecule has 0 aliphatic rings. The van der Waals surface area contributed by atoms with E-state index in [0.29, 0.717) is 5.69 Å². The average molecular weight is 368 g/mol. The molecule has 0 saturated heterocycles. The molecule has 6 nitrogen and oxygen atoms in total. The number of esters is 1. The Bertz CT molecular complexity index is 836. The molecule has 0 fully saturated rings. The molecule has 2 aromatic rings. The van der Waals surface area contributed by atoms with Crippen LogP contribution in [0.2, 0.25) is 0 Å². The predicted octanol–water partition coefficient (Wildman–Crippen LogP) is 3.74. The lowest BCUT2D eigenvalue weighted by Gasteiger charge is -2.19.